The number of hydrogen-bond acceptors (Lipinski definition) is 2. The summed E-state index contributed by atoms with van der Waals surface area (Å²) < 4.78 is 1.78. The predicted molar refractivity (Wildman–Crippen MR) is 78.6 cm³/mol. The molecule has 0 aliphatic carbocycles. The standard InChI is InChI=1S/C16H20N2O/c1-11-3-4-15-13(7-11)9-14(16(19)18(15)2)8-12-5-6-17-10-12/h3-4,7,9,12,17H,5-6,8,10H2,1-2H3. The number of nitrogens with one attached hydrogen (secondary N) is 1. The Morgan fingerprint density at radius 3 is 2.95 bits per heavy atom. The summed E-state index contributed by atoms with van der Waals surface area (Å²) >= 11 is 0. The molecular formula is C16H20N2O. The average molecular weight is 256 g/mol. The van der Waals surface area contributed by atoms with Crippen molar-refractivity contribution < 1.29 is 0 Å². The van der Waals surface area contributed by atoms with Gasteiger partial charge in [0.05, 0.1) is 5.52 Å². The fraction of sp³-hybridized carbons (Fsp3) is 0.438. The SMILES string of the molecule is Cc1ccc2c(c1)cc(CC1CCNC1)c(=O)n2C. The minimum absolute atomic E-state index is 0.156. The van der Waals surface area contributed by atoms with E-state index in [1.165, 1.54) is 17.4 Å². The van der Waals surface area contributed by atoms with Crippen LogP contribution in [0.4, 0.5) is 0 Å². The third-order valence-corrected chi connectivity index (χ3v) is 4.12. The van der Waals surface area contributed by atoms with Crippen molar-refractivity contribution in [2.24, 2.45) is 13.0 Å². The zero-order chi connectivity index (χ0) is 13.4. The molecule has 0 bridgehead atoms. The zero-order valence-electron chi connectivity index (χ0n) is 11.6. The highest BCUT2D eigenvalue weighted by molar-refractivity contribution is 5.80. The maximum atomic E-state index is 12.4. The smallest absolute Gasteiger partial charge is 0.253 e. The monoisotopic (exact) mass is 256 g/mol. The van der Waals surface area contributed by atoms with Crippen LogP contribution in [-0.4, -0.2) is 17.7 Å². The third kappa shape index (κ3) is 2.30. The van der Waals surface area contributed by atoms with Crippen molar-refractivity contribution in [2.45, 2.75) is 19.8 Å². The van der Waals surface area contributed by atoms with Gasteiger partial charge in [0.2, 0.25) is 0 Å². The van der Waals surface area contributed by atoms with Gasteiger partial charge in [-0.3, -0.25) is 4.79 Å². The molecule has 1 atom stereocenters. The number of nitrogens with zero attached hydrogens (tertiary/aromatic N) is 1. The molecule has 1 unspecified atom stereocenters. The van der Waals surface area contributed by atoms with E-state index in [-0.39, 0.29) is 5.56 Å². The van der Waals surface area contributed by atoms with E-state index in [1.807, 2.05) is 13.1 Å². The molecule has 2 aromatic rings. The Morgan fingerprint density at radius 1 is 1.37 bits per heavy atom. The lowest BCUT2D eigenvalue weighted by Gasteiger charge is -2.12. The van der Waals surface area contributed by atoms with Crippen LogP contribution >= 0.6 is 0 Å². The van der Waals surface area contributed by atoms with Crippen LogP contribution in [0, 0.1) is 12.8 Å². The summed E-state index contributed by atoms with van der Waals surface area (Å²) in [6, 6.07) is 8.34. The van der Waals surface area contributed by atoms with E-state index >= 15 is 0 Å². The van der Waals surface area contributed by atoms with Crippen LogP contribution in [0.1, 0.15) is 17.5 Å². The maximum absolute atomic E-state index is 12.4. The van der Waals surface area contributed by atoms with Gasteiger partial charge in [-0.05, 0) is 62.4 Å². The van der Waals surface area contributed by atoms with Crippen molar-refractivity contribution in [3.8, 4) is 0 Å². The Kier molecular flexibility index (Phi) is 3.15. The summed E-state index contributed by atoms with van der Waals surface area (Å²) in [5.74, 6) is 0.606. The third-order valence-electron chi connectivity index (χ3n) is 4.12. The highest BCUT2D eigenvalue weighted by atomic mass is 16.1. The molecule has 1 aliphatic rings. The molecule has 0 radical (unpaired) electrons. The Labute approximate surface area is 113 Å². The van der Waals surface area contributed by atoms with Crippen LogP contribution in [0.5, 0.6) is 0 Å². The second-order valence-corrected chi connectivity index (χ2v) is 5.66. The fourth-order valence-corrected chi connectivity index (χ4v) is 3.02. The van der Waals surface area contributed by atoms with E-state index < -0.39 is 0 Å². The minimum atomic E-state index is 0.156. The van der Waals surface area contributed by atoms with Gasteiger partial charge in [-0.2, -0.15) is 0 Å². The highest BCUT2D eigenvalue weighted by Crippen LogP contribution is 2.18. The normalized spacial score (nSPS) is 19.2. The number of aryl methyl sites for hydroxylation is 2. The molecule has 100 valence electrons. The van der Waals surface area contributed by atoms with E-state index in [2.05, 4.69) is 30.4 Å². The largest absolute Gasteiger partial charge is 0.316 e. The molecule has 1 saturated heterocycles. The van der Waals surface area contributed by atoms with Crippen molar-refractivity contribution in [2.75, 3.05) is 13.1 Å². The second-order valence-electron chi connectivity index (χ2n) is 5.66. The molecule has 3 nitrogen and oxygen atoms in total. The molecule has 1 aromatic heterocycles. The zero-order valence-corrected chi connectivity index (χ0v) is 11.6. The summed E-state index contributed by atoms with van der Waals surface area (Å²) in [7, 11) is 1.87. The second kappa shape index (κ2) is 4.82. The van der Waals surface area contributed by atoms with Gasteiger partial charge in [-0.15, -0.1) is 0 Å². The number of benzene rings is 1. The Balaban J connectivity index is 2.08. The summed E-state index contributed by atoms with van der Waals surface area (Å²) in [6.07, 6.45) is 2.07. The summed E-state index contributed by atoms with van der Waals surface area (Å²) in [4.78, 5) is 12.4. The maximum Gasteiger partial charge on any atom is 0.253 e. The Morgan fingerprint density at radius 2 is 2.21 bits per heavy atom. The lowest BCUT2D eigenvalue weighted by atomic mass is 9.98. The Hall–Kier alpha value is -1.61. The van der Waals surface area contributed by atoms with Crippen molar-refractivity contribution >= 4 is 10.9 Å². The van der Waals surface area contributed by atoms with E-state index in [9.17, 15) is 4.79 Å². The highest BCUT2D eigenvalue weighted by Gasteiger charge is 2.17. The van der Waals surface area contributed by atoms with Crippen molar-refractivity contribution in [3.63, 3.8) is 0 Å². The number of fused-ring (bicyclic) bond motifs is 1. The van der Waals surface area contributed by atoms with Crippen molar-refractivity contribution in [3.05, 3.63) is 45.7 Å². The van der Waals surface area contributed by atoms with Gasteiger partial charge < -0.3 is 9.88 Å². The van der Waals surface area contributed by atoms with Crippen molar-refractivity contribution in [1.82, 2.24) is 9.88 Å². The molecule has 2 heterocycles. The van der Waals surface area contributed by atoms with Gasteiger partial charge in [0.15, 0.2) is 0 Å². The number of pyridine rings is 1. The molecule has 1 fully saturated rings. The molecular weight excluding hydrogens is 236 g/mol. The summed E-state index contributed by atoms with van der Waals surface area (Å²) in [6.45, 7) is 4.21. The van der Waals surface area contributed by atoms with Crippen LogP contribution in [0.25, 0.3) is 10.9 Å². The summed E-state index contributed by atoms with van der Waals surface area (Å²) in [5.41, 5.74) is 3.36. The predicted octanol–water partition coefficient (Wildman–Crippen LogP) is 2.00. The number of rotatable bonds is 2. The molecule has 1 aliphatic heterocycles. The van der Waals surface area contributed by atoms with Gasteiger partial charge in [-0.1, -0.05) is 11.6 Å². The first-order valence-corrected chi connectivity index (χ1v) is 6.95. The molecule has 0 saturated carbocycles. The quantitative estimate of drug-likeness (QED) is 0.891. The molecule has 0 amide bonds. The van der Waals surface area contributed by atoms with Crippen LogP contribution in [0.3, 0.4) is 0 Å². The van der Waals surface area contributed by atoms with Crippen LogP contribution in [0.2, 0.25) is 0 Å². The average Bonchev–Trinajstić information content (AvgIpc) is 2.88. The fourth-order valence-electron chi connectivity index (χ4n) is 3.02. The molecule has 19 heavy (non-hydrogen) atoms. The van der Waals surface area contributed by atoms with E-state index in [0.717, 1.165) is 30.6 Å². The molecule has 1 aromatic carbocycles. The Bertz CT molecular complexity index is 666. The molecule has 1 N–H and O–H groups in total. The van der Waals surface area contributed by atoms with Gasteiger partial charge in [0, 0.05) is 12.6 Å². The number of hydrogen-bond donors (Lipinski definition) is 1. The first kappa shape index (κ1) is 12.4. The lowest BCUT2D eigenvalue weighted by Crippen LogP contribution is -2.23. The number of aromatic nitrogens is 1. The van der Waals surface area contributed by atoms with Gasteiger partial charge in [0.25, 0.3) is 5.56 Å². The van der Waals surface area contributed by atoms with E-state index in [0.29, 0.717) is 5.92 Å². The van der Waals surface area contributed by atoms with Crippen molar-refractivity contribution in [1.29, 1.82) is 0 Å². The topological polar surface area (TPSA) is 34.0 Å². The van der Waals surface area contributed by atoms with E-state index in [4.69, 9.17) is 0 Å². The molecule has 3 heteroatoms. The van der Waals surface area contributed by atoms with E-state index in [1.54, 1.807) is 4.57 Å². The van der Waals surface area contributed by atoms with Crippen LogP contribution in [-0.2, 0) is 13.5 Å². The first-order chi connectivity index (χ1) is 9.15. The van der Waals surface area contributed by atoms with Gasteiger partial charge >= 0.3 is 0 Å². The summed E-state index contributed by atoms with van der Waals surface area (Å²) in [5, 5.41) is 4.53. The first-order valence-electron chi connectivity index (χ1n) is 6.95. The molecule has 0 spiro atoms. The van der Waals surface area contributed by atoms with Crippen LogP contribution in [0.15, 0.2) is 29.1 Å². The molecule has 3 rings (SSSR count). The van der Waals surface area contributed by atoms with Gasteiger partial charge in [0.1, 0.15) is 0 Å². The van der Waals surface area contributed by atoms with Crippen LogP contribution < -0.4 is 10.9 Å². The lowest BCUT2D eigenvalue weighted by molar-refractivity contribution is 0.575. The van der Waals surface area contributed by atoms with Gasteiger partial charge in [-0.25, -0.2) is 0 Å². The minimum Gasteiger partial charge on any atom is -0.316 e.